The number of phosphoric ester groups is 1. The van der Waals surface area contributed by atoms with Crippen LogP contribution in [0.2, 0.25) is 0 Å². The summed E-state index contributed by atoms with van der Waals surface area (Å²) >= 11 is 0. The molecule has 0 radical (unpaired) electrons. The molecule has 0 bridgehead atoms. The van der Waals surface area contributed by atoms with Crippen molar-refractivity contribution in [1.82, 2.24) is 0 Å². The molecule has 0 saturated heterocycles. The molecule has 188 valence electrons. The van der Waals surface area contributed by atoms with Gasteiger partial charge < -0.3 is 14.3 Å². The quantitative estimate of drug-likeness (QED) is 0.0576. The van der Waals surface area contributed by atoms with E-state index in [2.05, 4.69) is 4.84 Å². The molecular weight excluding hydrogens is 497 g/mol. The largest absolute Gasteiger partial charge is 0.494 e. The Bertz CT molecular complexity index is 745. The maximum Gasteiger partial charge on any atom is 0.474 e. The smallest absolute Gasteiger partial charge is 0.474 e. The van der Waals surface area contributed by atoms with Crippen LogP contribution in [-0.4, -0.2) is 62.2 Å². The number of hydrogen-bond donors (Lipinski definition) is 0. The van der Waals surface area contributed by atoms with Crippen molar-refractivity contribution in [2.45, 2.75) is 26.7 Å². The van der Waals surface area contributed by atoms with E-state index in [0.29, 0.717) is 42.3 Å². The number of unbranched alkanes of at least 4 members (excludes halogenated alkanes) is 1. The van der Waals surface area contributed by atoms with E-state index < -0.39 is 18.9 Å². The van der Waals surface area contributed by atoms with E-state index in [1.54, 1.807) is 38.1 Å². The van der Waals surface area contributed by atoms with Crippen LogP contribution in [0.1, 0.15) is 37.0 Å². The van der Waals surface area contributed by atoms with Crippen molar-refractivity contribution in [2.75, 3.05) is 51.1 Å². The topological polar surface area (TPSA) is 133 Å². The molecule has 1 aromatic carbocycles. The third kappa shape index (κ3) is 14.4. The normalized spacial score (nSPS) is 11.2. The summed E-state index contributed by atoms with van der Waals surface area (Å²) in [5, 5.41) is 9.19. The lowest BCUT2D eigenvalue weighted by Gasteiger charge is -2.16. The zero-order valence-corrected chi connectivity index (χ0v) is 21.2. The molecule has 0 N–H and O–H groups in total. The molecule has 0 aliphatic rings. The molecule has 14 heteroatoms. The number of nitrogens with zero attached hydrogens (tertiary/aromatic N) is 1. The van der Waals surface area contributed by atoms with Gasteiger partial charge in [-0.3, -0.25) is 13.6 Å². The van der Waals surface area contributed by atoms with Gasteiger partial charge in [-0.05, 0) is 44.9 Å². The number of rotatable bonds is 20. The summed E-state index contributed by atoms with van der Waals surface area (Å²) in [7, 11) is -0.650. The van der Waals surface area contributed by atoms with Crippen LogP contribution in [0.15, 0.2) is 24.3 Å². The first-order chi connectivity index (χ1) is 15.9. The van der Waals surface area contributed by atoms with E-state index in [9.17, 15) is 19.5 Å². The lowest BCUT2D eigenvalue weighted by Crippen LogP contribution is -2.08. The number of benzene rings is 1. The third-order valence-corrected chi connectivity index (χ3v) is 7.53. The summed E-state index contributed by atoms with van der Waals surface area (Å²) in [6.07, 6.45) is 1.24. The lowest BCUT2D eigenvalue weighted by atomic mass is 10.2. The Morgan fingerprint density at radius 3 is 2.33 bits per heavy atom. The van der Waals surface area contributed by atoms with Crippen LogP contribution in [0.3, 0.4) is 0 Å². The summed E-state index contributed by atoms with van der Waals surface area (Å²) in [6.45, 7) is 4.74. The fourth-order valence-electron chi connectivity index (χ4n) is 2.23. The van der Waals surface area contributed by atoms with Gasteiger partial charge in [-0.15, -0.1) is 10.1 Å². The summed E-state index contributed by atoms with van der Waals surface area (Å²) in [6, 6.07) is 6.69. The fraction of sp³-hybridized carbons (Fsp3) is 0.632. The molecule has 11 nitrogen and oxygen atoms in total. The monoisotopic (exact) mass is 527 g/mol. The molecular formula is C19H30NO10PS2. The van der Waals surface area contributed by atoms with E-state index >= 15 is 0 Å². The summed E-state index contributed by atoms with van der Waals surface area (Å²) in [5.74, 6) is 1.09. The van der Waals surface area contributed by atoms with Gasteiger partial charge in [0.25, 0.3) is 5.09 Å². The van der Waals surface area contributed by atoms with Gasteiger partial charge in [0.05, 0.1) is 32.0 Å². The maximum absolute atomic E-state index is 12.2. The van der Waals surface area contributed by atoms with E-state index in [1.165, 1.54) is 21.6 Å². The Balaban J connectivity index is 2.22. The first kappa shape index (κ1) is 29.5. The van der Waals surface area contributed by atoms with Gasteiger partial charge in [0.15, 0.2) is 0 Å². The number of ether oxygens (including phenoxy) is 2. The molecule has 0 heterocycles. The number of carbonyl (C=O) groups is 1. The minimum Gasteiger partial charge on any atom is -0.494 e. The lowest BCUT2D eigenvalue weighted by molar-refractivity contribution is -0.756. The highest BCUT2D eigenvalue weighted by molar-refractivity contribution is 8.76. The first-order valence-corrected chi connectivity index (χ1v) is 14.3. The van der Waals surface area contributed by atoms with E-state index in [-0.39, 0.29) is 33.0 Å². The van der Waals surface area contributed by atoms with E-state index in [4.69, 9.17) is 23.0 Å². The molecule has 0 saturated carbocycles. The van der Waals surface area contributed by atoms with Crippen molar-refractivity contribution in [3.05, 3.63) is 39.9 Å². The number of esters is 1. The van der Waals surface area contributed by atoms with Gasteiger partial charge in [-0.1, -0.05) is 27.7 Å². The number of phosphoric acid groups is 1. The van der Waals surface area contributed by atoms with Crippen LogP contribution < -0.4 is 4.74 Å². The second-order valence-electron chi connectivity index (χ2n) is 6.04. The number of carbonyl (C=O) groups excluding carboxylic acids is 1. The Labute approximate surface area is 201 Å². The molecule has 0 unspecified atom stereocenters. The standard InChI is InChI=1S/C19H30NO10PS2/c1-3-28-31(24,29-4-2)30-11-6-5-10-25-18-9-7-8-17(16-18)19(21)26-12-14-32-33-15-13-27-20(22)23/h7-9,16H,3-6,10-15H2,1-2H3. The van der Waals surface area contributed by atoms with Gasteiger partial charge in [-0.25, -0.2) is 9.36 Å². The van der Waals surface area contributed by atoms with E-state index in [1.807, 2.05) is 0 Å². The summed E-state index contributed by atoms with van der Waals surface area (Å²) in [4.78, 5) is 26.4. The molecule has 0 amide bonds. The molecule has 1 rings (SSSR count). The molecule has 0 aliphatic heterocycles. The van der Waals surface area contributed by atoms with Crippen molar-refractivity contribution in [3.63, 3.8) is 0 Å². The predicted molar refractivity (Wildman–Crippen MR) is 126 cm³/mol. The highest BCUT2D eigenvalue weighted by atomic mass is 33.1. The second kappa shape index (κ2) is 17.9. The van der Waals surface area contributed by atoms with Crippen molar-refractivity contribution >= 4 is 35.4 Å². The predicted octanol–water partition coefficient (Wildman–Crippen LogP) is 4.79. The van der Waals surface area contributed by atoms with Crippen molar-refractivity contribution in [3.8, 4) is 5.75 Å². The van der Waals surface area contributed by atoms with Crippen LogP contribution in [0, 0.1) is 10.1 Å². The molecule has 0 aliphatic carbocycles. The van der Waals surface area contributed by atoms with Gasteiger partial charge in [0, 0.05) is 11.5 Å². The van der Waals surface area contributed by atoms with Gasteiger partial charge in [0.1, 0.15) is 19.0 Å². The van der Waals surface area contributed by atoms with Gasteiger partial charge in [0.2, 0.25) is 0 Å². The zero-order chi connectivity index (χ0) is 24.4. The summed E-state index contributed by atoms with van der Waals surface area (Å²) < 4.78 is 38.4. The molecule has 1 aromatic rings. The maximum atomic E-state index is 12.2. The van der Waals surface area contributed by atoms with Gasteiger partial charge >= 0.3 is 13.8 Å². The molecule has 0 aromatic heterocycles. The second-order valence-corrected chi connectivity index (χ2v) is 10.4. The fourth-order valence-corrected chi connectivity index (χ4v) is 5.08. The Kier molecular flexibility index (Phi) is 16.0. The first-order valence-electron chi connectivity index (χ1n) is 10.4. The average Bonchev–Trinajstić information content (AvgIpc) is 2.78. The highest BCUT2D eigenvalue weighted by Gasteiger charge is 2.24. The number of hydrogen-bond acceptors (Lipinski definition) is 12. The van der Waals surface area contributed by atoms with Crippen molar-refractivity contribution in [2.24, 2.45) is 0 Å². The SMILES string of the molecule is CCOP(=O)(OCC)OCCCCOc1cccc(C(=O)OCCSSCCO[N+](=O)[O-])c1. The molecule has 0 atom stereocenters. The Hall–Kier alpha value is -1.50. The summed E-state index contributed by atoms with van der Waals surface area (Å²) in [5.41, 5.74) is 0.377. The Morgan fingerprint density at radius 2 is 1.67 bits per heavy atom. The van der Waals surface area contributed by atoms with Crippen LogP contribution >= 0.6 is 29.4 Å². The Morgan fingerprint density at radius 1 is 1.00 bits per heavy atom. The zero-order valence-electron chi connectivity index (χ0n) is 18.7. The minimum absolute atomic E-state index is 0.0195. The van der Waals surface area contributed by atoms with Crippen LogP contribution in [0.4, 0.5) is 0 Å². The third-order valence-electron chi connectivity index (χ3n) is 3.55. The van der Waals surface area contributed by atoms with Gasteiger partial charge in [-0.2, -0.15) is 0 Å². The highest BCUT2D eigenvalue weighted by Crippen LogP contribution is 2.49. The minimum atomic E-state index is -3.49. The molecule has 33 heavy (non-hydrogen) atoms. The van der Waals surface area contributed by atoms with Crippen LogP contribution in [0.25, 0.3) is 0 Å². The van der Waals surface area contributed by atoms with Crippen molar-refractivity contribution < 1.29 is 42.3 Å². The average molecular weight is 528 g/mol. The van der Waals surface area contributed by atoms with Crippen LogP contribution in [0.5, 0.6) is 5.75 Å². The molecule has 0 spiro atoms. The van der Waals surface area contributed by atoms with Crippen molar-refractivity contribution in [1.29, 1.82) is 0 Å². The van der Waals surface area contributed by atoms with E-state index in [0.717, 1.165) is 0 Å². The molecule has 0 fully saturated rings. The van der Waals surface area contributed by atoms with Crippen LogP contribution in [-0.2, 0) is 27.7 Å².